The van der Waals surface area contributed by atoms with Crippen LogP contribution in [0.5, 0.6) is 0 Å². The molecule has 1 aliphatic rings. The molecule has 70 valence electrons. The molecule has 1 fully saturated rings. The Labute approximate surface area is 74.0 Å². The van der Waals surface area contributed by atoms with Crippen molar-refractivity contribution in [3.8, 4) is 0 Å². The largest absolute Gasteiger partial charge is 0.393 e. The van der Waals surface area contributed by atoms with E-state index in [0.29, 0.717) is 12.8 Å². The number of hydroxylamine groups is 2. The molecule has 3 heteroatoms. The van der Waals surface area contributed by atoms with Gasteiger partial charge >= 0.3 is 0 Å². The van der Waals surface area contributed by atoms with E-state index in [-0.39, 0.29) is 11.6 Å². The molecule has 1 aliphatic heterocycles. The summed E-state index contributed by atoms with van der Waals surface area (Å²) in [6.07, 6.45) is 0.757. The Morgan fingerprint density at radius 1 is 1.33 bits per heavy atom. The van der Waals surface area contributed by atoms with Gasteiger partial charge in [0.25, 0.3) is 0 Å². The summed E-state index contributed by atoms with van der Waals surface area (Å²) in [5.41, 5.74) is -0.949. The van der Waals surface area contributed by atoms with Crippen molar-refractivity contribution >= 4 is 0 Å². The van der Waals surface area contributed by atoms with Gasteiger partial charge in [0.2, 0.25) is 0 Å². The molecule has 0 aromatic rings. The van der Waals surface area contributed by atoms with Crippen LogP contribution >= 0.6 is 0 Å². The molecule has 2 unspecified atom stereocenters. The minimum atomic E-state index is -0.568. The van der Waals surface area contributed by atoms with Gasteiger partial charge in [-0.05, 0) is 27.2 Å². The van der Waals surface area contributed by atoms with Gasteiger partial charge < -0.3 is 10.3 Å². The van der Waals surface area contributed by atoms with Crippen LogP contribution < -0.4 is 0 Å². The minimum absolute atomic E-state index is 0.356. The first kappa shape index (κ1) is 9.84. The van der Waals surface area contributed by atoms with Gasteiger partial charge in [0.05, 0.1) is 13.0 Å². The highest BCUT2D eigenvalue weighted by atomic mass is 16.5. The van der Waals surface area contributed by atoms with Crippen LogP contribution in [0.25, 0.3) is 0 Å². The number of nitrogens with zero attached hydrogens (tertiary/aromatic N) is 1. The summed E-state index contributed by atoms with van der Waals surface area (Å²) in [7, 11) is 0. The van der Waals surface area contributed by atoms with Crippen LogP contribution in [0, 0.1) is 6.92 Å². The van der Waals surface area contributed by atoms with Gasteiger partial charge in [-0.2, -0.15) is 0 Å². The fourth-order valence-corrected chi connectivity index (χ4v) is 2.06. The van der Waals surface area contributed by atoms with Crippen molar-refractivity contribution in [1.29, 1.82) is 0 Å². The van der Waals surface area contributed by atoms with Crippen molar-refractivity contribution in [2.45, 2.75) is 50.8 Å². The zero-order valence-corrected chi connectivity index (χ0v) is 8.04. The second-order valence-corrected chi connectivity index (χ2v) is 4.68. The summed E-state index contributed by atoms with van der Waals surface area (Å²) in [4.78, 5) is 0. The first-order valence-corrected chi connectivity index (χ1v) is 4.28. The van der Waals surface area contributed by atoms with Crippen LogP contribution in [0.1, 0.15) is 33.6 Å². The molecule has 0 aromatic carbocycles. The SMILES string of the molecule is [CH2+]C1(C)CC(O)CC(C)(C)N1O. The summed E-state index contributed by atoms with van der Waals surface area (Å²) >= 11 is 0. The molecule has 0 radical (unpaired) electrons. The maximum Gasteiger partial charge on any atom is 0.180 e. The van der Waals surface area contributed by atoms with Gasteiger partial charge in [-0.25, -0.2) is 0 Å². The molecule has 0 amide bonds. The Bertz CT molecular complexity index is 159. The zero-order chi connectivity index (χ0) is 9.57. The van der Waals surface area contributed by atoms with Gasteiger partial charge in [-0.15, -0.1) is 5.06 Å². The van der Waals surface area contributed by atoms with Crippen molar-refractivity contribution in [1.82, 2.24) is 5.06 Å². The first-order chi connectivity index (χ1) is 5.26. The normalized spacial score (nSPS) is 42.9. The first-order valence-electron chi connectivity index (χ1n) is 4.28. The van der Waals surface area contributed by atoms with Gasteiger partial charge in [-0.1, -0.05) is 0 Å². The fraction of sp³-hybridized carbons (Fsp3) is 0.889. The number of hydrogen-bond acceptors (Lipinski definition) is 3. The quantitative estimate of drug-likeness (QED) is 0.540. The van der Waals surface area contributed by atoms with Crippen LogP contribution in [0.4, 0.5) is 0 Å². The maximum atomic E-state index is 9.74. The predicted octanol–water partition coefficient (Wildman–Crippen LogP) is 1.20. The summed E-state index contributed by atoms with van der Waals surface area (Å²) < 4.78 is 0. The third kappa shape index (κ3) is 1.58. The van der Waals surface area contributed by atoms with E-state index in [9.17, 15) is 10.3 Å². The molecule has 2 N–H and O–H groups in total. The molecule has 0 saturated carbocycles. The Morgan fingerprint density at radius 2 is 1.83 bits per heavy atom. The van der Waals surface area contributed by atoms with Crippen LogP contribution in [-0.4, -0.2) is 32.6 Å². The Kier molecular flexibility index (Phi) is 2.15. The molecule has 3 nitrogen and oxygen atoms in total. The topological polar surface area (TPSA) is 43.7 Å². The van der Waals surface area contributed by atoms with Crippen molar-refractivity contribution in [2.75, 3.05) is 0 Å². The molecule has 0 aliphatic carbocycles. The molecular formula is C9H18NO2+. The molecule has 0 bridgehead atoms. The monoisotopic (exact) mass is 172 g/mol. The Hall–Kier alpha value is -0.250. The van der Waals surface area contributed by atoms with Crippen molar-refractivity contribution in [3.63, 3.8) is 0 Å². The summed E-state index contributed by atoms with van der Waals surface area (Å²) in [5.74, 6) is 0. The second-order valence-electron chi connectivity index (χ2n) is 4.68. The number of rotatable bonds is 0. The average molecular weight is 172 g/mol. The molecule has 0 spiro atoms. The lowest BCUT2D eigenvalue weighted by molar-refractivity contribution is -0.248. The van der Waals surface area contributed by atoms with E-state index in [2.05, 4.69) is 6.92 Å². The smallest absolute Gasteiger partial charge is 0.180 e. The standard InChI is InChI=1S/C9H18NO2/c1-8(2)5-7(11)6-9(3,4)10(8)12/h7,11-12H,1,5-6H2,2-4H3/q+1. The summed E-state index contributed by atoms with van der Waals surface area (Å²) in [6, 6.07) is 0. The van der Waals surface area contributed by atoms with Gasteiger partial charge in [0.15, 0.2) is 5.54 Å². The number of piperidine rings is 1. The number of aliphatic hydroxyl groups is 1. The lowest BCUT2D eigenvalue weighted by Crippen LogP contribution is -2.60. The number of aliphatic hydroxyl groups excluding tert-OH is 1. The lowest BCUT2D eigenvalue weighted by atomic mass is 9.80. The predicted molar refractivity (Wildman–Crippen MR) is 46.7 cm³/mol. The molecular weight excluding hydrogens is 154 g/mol. The molecule has 2 atom stereocenters. The van der Waals surface area contributed by atoms with E-state index in [1.165, 1.54) is 5.06 Å². The van der Waals surface area contributed by atoms with Crippen molar-refractivity contribution in [3.05, 3.63) is 6.92 Å². The second kappa shape index (κ2) is 2.62. The van der Waals surface area contributed by atoms with E-state index in [1.54, 1.807) is 0 Å². The van der Waals surface area contributed by atoms with Crippen LogP contribution in [0.15, 0.2) is 0 Å². The number of hydrogen-bond donors (Lipinski definition) is 2. The molecule has 0 aromatic heterocycles. The summed E-state index contributed by atoms with van der Waals surface area (Å²) in [6.45, 7) is 9.51. The highest BCUT2D eigenvalue weighted by molar-refractivity contribution is 4.99. The average Bonchev–Trinajstić information content (AvgIpc) is 1.80. The Morgan fingerprint density at radius 3 is 2.25 bits per heavy atom. The van der Waals surface area contributed by atoms with Gasteiger partial charge in [0.1, 0.15) is 0 Å². The minimum Gasteiger partial charge on any atom is -0.393 e. The van der Waals surface area contributed by atoms with E-state index >= 15 is 0 Å². The van der Waals surface area contributed by atoms with E-state index in [1.807, 2.05) is 20.8 Å². The summed E-state index contributed by atoms with van der Waals surface area (Å²) in [5, 5.41) is 20.5. The Balaban J connectivity index is 2.84. The highest BCUT2D eigenvalue weighted by Crippen LogP contribution is 2.36. The van der Waals surface area contributed by atoms with E-state index in [0.717, 1.165) is 0 Å². The third-order valence-electron chi connectivity index (χ3n) is 2.50. The van der Waals surface area contributed by atoms with Crippen molar-refractivity contribution < 1.29 is 10.3 Å². The van der Waals surface area contributed by atoms with E-state index in [4.69, 9.17) is 0 Å². The van der Waals surface area contributed by atoms with Crippen molar-refractivity contribution in [2.24, 2.45) is 0 Å². The fourth-order valence-electron chi connectivity index (χ4n) is 2.06. The molecule has 1 rings (SSSR count). The van der Waals surface area contributed by atoms with Crippen LogP contribution in [-0.2, 0) is 0 Å². The lowest BCUT2D eigenvalue weighted by Gasteiger charge is -2.46. The van der Waals surface area contributed by atoms with Crippen LogP contribution in [0.2, 0.25) is 0 Å². The molecule has 1 heterocycles. The zero-order valence-electron chi connectivity index (χ0n) is 8.04. The van der Waals surface area contributed by atoms with Crippen LogP contribution in [0.3, 0.4) is 0 Å². The molecule has 1 saturated heterocycles. The van der Waals surface area contributed by atoms with E-state index < -0.39 is 5.54 Å². The van der Waals surface area contributed by atoms with Gasteiger partial charge in [0, 0.05) is 12.0 Å². The molecule has 12 heavy (non-hydrogen) atoms. The highest BCUT2D eigenvalue weighted by Gasteiger charge is 2.49. The van der Waals surface area contributed by atoms with Gasteiger partial charge in [-0.3, -0.25) is 0 Å². The third-order valence-corrected chi connectivity index (χ3v) is 2.50. The maximum absolute atomic E-state index is 9.74.